The second-order valence-corrected chi connectivity index (χ2v) is 9.60. The highest BCUT2D eigenvalue weighted by molar-refractivity contribution is 5.91. The molecular formula is C29H40O3. The summed E-state index contributed by atoms with van der Waals surface area (Å²) in [6, 6.07) is 15.2. The van der Waals surface area contributed by atoms with Crippen LogP contribution in [0.2, 0.25) is 0 Å². The minimum absolute atomic E-state index is 0.338. The summed E-state index contributed by atoms with van der Waals surface area (Å²) >= 11 is 0. The van der Waals surface area contributed by atoms with Crippen LogP contribution in [0.3, 0.4) is 0 Å². The molecule has 0 radical (unpaired) electrons. The van der Waals surface area contributed by atoms with E-state index in [1.54, 1.807) is 12.1 Å². The maximum atomic E-state index is 12.5. The van der Waals surface area contributed by atoms with E-state index in [1.807, 2.05) is 24.3 Å². The normalized spacial score (nSPS) is 19.3. The van der Waals surface area contributed by atoms with E-state index < -0.39 is 0 Å². The lowest BCUT2D eigenvalue weighted by molar-refractivity contribution is 0.0734. The summed E-state index contributed by atoms with van der Waals surface area (Å²) in [6.07, 6.45) is 11.8. The van der Waals surface area contributed by atoms with Crippen molar-refractivity contribution in [2.75, 3.05) is 6.61 Å². The Hall–Kier alpha value is -2.29. The lowest BCUT2D eigenvalue weighted by atomic mass is 9.78. The van der Waals surface area contributed by atoms with Gasteiger partial charge in [0.15, 0.2) is 0 Å². The fraction of sp³-hybridized carbons (Fsp3) is 0.552. The van der Waals surface area contributed by atoms with Crippen LogP contribution in [0.1, 0.15) is 88.1 Å². The van der Waals surface area contributed by atoms with Crippen molar-refractivity contribution < 1.29 is 14.3 Å². The van der Waals surface area contributed by atoms with E-state index >= 15 is 0 Å². The summed E-state index contributed by atoms with van der Waals surface area (Å²) in [6.45, 7) is 7.30. The van der Waals surface area contributed by atoms with Crippen LogP contribution in [0.25, 0.3) is 0 Å². The van der Waals surface area contributed by atoms with Crippen molar-refractivity contribution in [3.8, 4) is 11.5 Å². The molecule has 2 aromatic carbocycles. The van der Waals surface area contributed by atoms with Crippen LogP contribution in [-0.2, 0) is 6.42 Å². The van der Waals surface area contributed by atoms with Crippen LogP contribution < -0.4 is 9.47 Å². The third-order valence-corrected chi connectivity index (χ3v) is 6.96. The van der Waals surface area contributed by atoms with Gasteiger partial charge in [0.2, 0.25) is 0 Å². The summed E-state index contributed by atoms with van der Waals surface area (Å²) in [5, 5.41) is 0. The minimum Gasteiger partial charge on any atom is -0.493 e. The fourth-order valence-electron chi connectivity index (χ4n) is 4.52. The molecule has 1 fully saturated rings. The predicted octanol–water partition coefficient (Wildman–Crippen LogP) is 7.87. The molecule has 32 heavy (non-hydrogen) atoms. The van der Waals surface area contributed by atoms with Crippen molar-refractivity contribution in [2.24, 2.45) is 17.8 Å². The molecule has 1 atom stereocenters. The largest absolute Gasteiger partial charge is 0.493 e. The number of carbonyl (C=O) groups is 1. The maximum Gasteiger partial charge on any atom is 0.343 e. The molecule has 0 aromatic heterocycles. The van der Waals surface area contributed by atoms with Crippen LogP contribution in [-0.4, -0.2) is 12.6 Å². The fourth-order valence-corrected chi connectivity index (χ4v) is 4.52. The van der Waals surface area contributed by atoms with Crippen LogP contribution in [0.15, 0.2) is 48.5 Å². The summed E-state index contributed by atoms with van der Waals surface area (Å²) in [5.74, 6) is 3.40. The molecular weight excluding hydrogens is 396 g/mol. The first-order chi connectivity index (χ1) is 15.6. The Morgan fingerprint density at radius 2 is 1.47 bits per heavy atom. The van der Waals surface area contributed by atoms with Crippen LogP contribution in [0.4, 0.5) is 0 Å². The topological polar surface area (TPSA) is 35.5 Å². The quantitative estimate of drug-likeness (QED) is 0.265. The molecule has 2 aromatic rings. The second kappa shape index (κ2) is 12.7. The number of benzene rings is 2. The van der Waals surface area contributed by atoms with Gasteiger partial charge in [-0.2, -0.15) is 0 Å². The van der Waals surface area contributed by atoms with E-state index in [9.17, 15) is 4.79 Å². The number of esters is 1. The third-order valence-electron chi connectivity index (χ3n) is 6.96. The Balaban J connectivity index is 1.42. The highest BCUT2D eigenvalue weighted by atomic mass is 16.5. The van der Waals surface area contributed by atoms with Gasteiger partial charge in [0.05, 0.1) is 12.2 Å². The average molecular weight is 437 g/mol. The van der Waals surface area contributed by atoms with Crippen LogP contribution in [0.5, 0.6) is 11.5 Å². The van der Waals surface area contributed by atoms with Crippen molar-refractivity contribution in [2.45, 2.75) is 78.6 Å². The van der Waals surface area contributed by atoms with Gasteiger partial charge in [0, 0.05) is 0 Å². The monoisotopic (exact) mass is 436 g/mol. The summed E-state index contributed by atoms with van der Waals surface area (Å²) in [5.41, 5.74) is 1.85. The lowest BCUT2D eigenvalue weighted by Crippen LogP contribution is -2.15. The molecule has 0 N–H and O–H groups in total. The maximum absolute atomic E-state index is 12.5. The molecule has 0 bridgehead atoms. The Morgan fingerprint density at radius 1 is 0.875 bits per heavy atom. The van der Waals surface area contributed by atoms with Crippen LogP contribution in [0, 0.1) is 17.8 Å². The average Bonchev–Trinajstić information content (AvgIpc) is 2.83. The van der Waals surface area contributed by atoms with Gasteiger partial charge < -0.3 is 9.47 Å². The Morgan fingerprint density at radius 3 is 2.06 bits per heavy atom. The predicted molar refractivity (Wildman–Crippen MR) is 131 cm³/mol. The molecule has 0 saturated heterocycles. The molecule has 3 rings (SSSR count). The zero-order chi connectivity index (χ0) is 22.8. The van der Waals surface area contributed by atoms with Gasteiger partial charge in [-0.05, 0) is 72.6 Å². The van der Waals surface area contributed by atoms with Crippen molar-refractivity contribution in [3.63, 3.8) is 0 Å². The van der Waals surface area contributed by atoms with Gasteiger partial charge in [-0.15, -0.1) is 0 Å². The van der Waals surface area contributed by atoms with E-state index in [1.165, 1.54) is 50.5 Å². The van der Waals surface area contributed by atoms with Gasteiger partial charge in [-0.3, -0.25) is 0 Å². The highest BCUT2D eigenvalue weighted by Crippen LogP contribution is 2.34. The van der Waals surface area contributed by atoms with E-state index in [2.05, 4.69) is 32.9 Å². The standard InChI is InChI=1S/C29H40O3/c1-4-6-23-7-9-24(10-8-23)11-12-25-13-17-28(18-14-25)32-29(30)26-15-19-27(20-16-26)31-21-22(3)5-2/h13-20,22-24H,4-12,21H2,1-3H3/t22-,23?,24?/m0/s1. The molecule has 174 valence electrons. The third kappa shape index (κ3) is 7.69. The molecule has 0 heterocycles. The van der Waals surface area contributed by atoms with Crippen molar-refractivity contribution in [3.05, 3.63) is 59.7 Å². The van der Waals surface area contributed by atoms with E-state index in [4.69, 9.17) is 9.47 Å². The molecule has 1 saturated carbocycles. The summed E-state index contributed by atoms with van der Waals surface area (Å²) in [4.78, 5) is 12.5. The van der Waals surface area contributed by atoms with Crippen molar-refractivity contribution >= 4 is 5.97 Å². The van der Waals surface area contributed by atoms with Gasteiger partial charge >= 0.3 is 5.97 Å². The smallest absolute Gasteiger partial charge is 0.343 e. The second-order valence-electron chi connectivity index (χ2n) is 9.60. The summed E-state index contributed by atoms with van der Waals surface area (Å²) in [7, 11) is 0. The molecule has 0 aliphatic heterocycles. The number of hydrogen-bond donors (Lipinski definition) is 0. The van der Waals surface area contributed by atoms with E-state index in [-0.39, 0.29) is 5.97 Å². The molecule has 0 spiro atoms. The minimum atomic E-state index is -0.338. The first-order valence-corrected chi connectivity index (χ1v) is 12.6. The highest BCUT2D eigenvalue weighted by Gasteiger charge is 2.20. The number of hydrogen-bond acceptors (Lipinski definition) is 3. The van der Waals surface area contributed by atoms with Crippen molar-refractivity contribution in [1.82, 2.24) is 0 Å². The molecule has 0 unspecified atom stereocenters. The molecule has 1 aliphatic carbocycles. The zero-order valence-electron chi connectivity index (χ0n) is 20.1. The van der Waals surface area contributed by atoms with Crippen molar-refractivity contribution in [1.29, 1.82) is 0 Å². The Bertz CT molecular complexity index is 801. The van der Waals surface area contributed by atoms with E-state index in [0.717, 1.165) is 30.4 Å². The number of ether oxygens (including phenoxy) is 2. The molecule has 0 amide bonds. The number of aryl methyl sites for hydroxylation is 1. The van der Waals surface area contributed by atoms with Gasteiger partial charge in [-0.25, -0.2) is 4.79 Å². The van der Waals surface area contributed by atoms with Gasteiger partial charge in [0.1, 0.15) is 11.5 Å². The van der Waals surface area contributed by atoms with Crippen LogP contribution >= 0.6 is 0 Å². The van der Waals surface area contributed by atoms with Gasteiger partial charge in [-0.1, -0.05) is 77.8 Å². The SMILES string of the molecule is CCCC1CCC(CCc2ccc(OC(=O)c3ccc(OC[C@@H](C)CC)cc3)cc2)CC1. The van der Waals surface area contributed by atoms with E-state index in [0.29, 0.717) is 23.8 Å². The Kier molecular flexibility index (Phi) is 9.64. The molecule has 1 aliphatic rings. The summed E-state index contributed by atoms with van der Waals surface area (Å²) < 4.78 is 11.3. The first-order valence-electron chi connectivity index (χ1n) is 12.6. The lowest BCUT2D eigenvalue weighted by Gasteiger charge is -2.28. The first kappa shape index (κ1) is 24.4. The van der Waals surface area contributed by atoms with Gasteiger partial charge in [0.25, 0.3) is 0 Å². The molecule has 3 heteroatoms. The number of carbonyl (C=O) groups excluding carboxylic acids is 1. The zero-order valence-corrected chi connectivity index (χ0v) is 20.1. The number of rotatable bonds is 11. The molecule has 3 nitrogen and oxygen atoms in total. The Labute approximate surface area is 194 Å².